The number of carbonyl (C=O) groups excluding carboxylic acids is 2. The van der Waals surface area contributed by atoms with Crippen molar-refractivity contribution in [1.29, 1.82) is 0 Å². The molecular weight excluding hydrogens is 272 g/mol. The molecule has 0 bridgehead atoms. The van der Waals surface area contributed by atoms with E-state index in [-0.39, 0.29) is 22.5 Å². The average molecular weight is 298 g/mol. The van der Waals surface area contributed by atoms with Gasteiger partial charge in [-0.1, -0.05) is 46.2 Å². The number of ketones is 1. The Balaban J connectivity index is 2.15. The first-order valence-corrected chi connectivity index (χ1v) is 8.46. The molecule has 0 spiro atoms. The van der Waals surface area contributed by atoms with E-state index in [4.69, 9.17) is 0 Å². The molecule has 0 heterocycles. The van der Waals surface area contributed by atoms with Crippen LogP contribution in [0.4, 0.5) is 0 Å². The van der Waals surface area contributed by atoms with Crippen LogP contribution < -0.4 is 0 Å². The maximum absolute atomic E-state index is 12.7. The third-order valence-corrected chi connectivity index (χ3v) is 6.26. The maximum Gasteiger partial charge on any atom is 0.163 e. The quantitative estimate of drug-likeness (QED) is 0.744. The highest BCUT2D eigenvalue weighted by Crippen LogP contribution is 2.56. The second-order valence-corrected chi connectivity index (χ2v) is 8.03. The molecule has 118 valence electrons. The Hall–Kier alpha value is -1.44. The molecule has 0 N–H and O–H groups in total. The summed E-state index contributed by atoms with van der Waals surface area (Å²) in [6.07, 6.45) is 4.66. The summed E-state index contributed by atoms with van der Waals surface area (Å²) in [6.45, 7) is 8.62. The number of hydrogen-bond donors (Lipinski definition) is 0. The van der Waals surface area contributed by atoms with Gasteiger partial charge in [0.15, 0.2) is 5.78 Å². The van der Waals surface area contributed by atoms with Gasteiger partial charge in [-0.2, -0.15) is 0 Å². The van der Waals surface area contributed by atoms with Crippen molar-refractivity contribution >= 4 is 12.1 Å². The highest BCUT2D eigenvalue weighted by molar-refractivity contribution is 6.00. The van der Waals surface area contributed by atoms with Crippen molar-refractivity contribution in [3.05, 3.63) is 34.9 Å². The normalized spacial score (nSPS) is 34.2. The van der Waals surface area contributed by atoms with Crippen LogP contribution in [0.15, 0.2) is 18.2 Å². The van der Waals surface area contributed by atoms with Gasteiger partial charge in [-0.3, -0.25) is 4.79 Å². The SMILES string of the molecule is CC(C)c1ccc2c(c1)C(=O)CC1[C@@](C)(C=O)CCC[C@]21C. The van der Waals surface area contributed by atoms with E-state index in [2.05, 4.69) is 39.0 Å². The minimum absolute atomic E-state index is 0.0489. The van der Waals surface area contributed by atoms with Crippen LogP contribution in [-0.4, -0.2) is 12.1 Å². The summed E-state index contributed by atoms with van der Waals surface area (Å²) < 4.78 is 0. The number of carbonyl (C=O) groups is 2. The number of benzene rings is 1. The maximum atomic E-state index is 12.7. The highest BCUT2D eigenvalue weighted by Gasteiger charge is 2.53. The summed E-state index contributed by atoms with van der Waals surface area (Å²) >= 11 is 0. The lowest BCUT2D eigenvalue weighted by atomic mass is 9.50. The smallest absolute Gasteiger partial charge is 0.163 e. The standard InChI is InChI=1S/C20H26O2/c1-13(2)14-6-7-16-15(10-14)17(22)11-18-19(3,12-21)8-5-9-20(16,18)4/h6-7,10,12-13,18H,5,8-9,11H2,1-4H3/t18?,19-,20-/m1/s1. The molecule has 2 aliphatic rings. The number of hydrogen-bond acceptors (Lipinski definition) is 2. The third-order valence-electron chi connectivity index (χ3n) is 6.26. The lowest BCUT2D eigenvalue weighted by Crippen LogP contribution is -2.51. The summed E-state index contributed by atoms with van der Waals surface area (Å²) in [5.74, 6) is 0.779. The Morgan fingerprint density at radius 1 is 1.23 bits per heavy atom. The fraction of sp³-hybridized carbons (Fsp3) is 0.600. The number of Topliss-reactive ketones (excluding diaryl/α,β-unsaturated/α-hetero) is 1. The molecule has 0 aromatic heterocycles. The van der Waals surface area contributed by atoms with Crippen molar-refractivity contribution in [2.45, 2.75) is 64.7 Å². The van der Waals surface area contributed by atoms with Crippen molar-refractivity contribution in [1.82, 2.24) is 0 Å². The Labute approximate surface area is 133 Å². The van der Waals surface area contributed by atoms with Crippen molar-refractivity contribution in [3.8, 4) is 0 Å². The van der Waals surface area contributed by atoms with E-state index < -0.39 is 0 Å². The van der Waals surface area contributed by atoms with Crippen molar-refractivity contribution < 1.29 is 9.59 Å². The molecule has 2 heteroatoms. The van der Waals surface area contributed by atoms with Gasteiger partial charge in [0.2, 0.25) is 0 Å². The molecule has 2 nitrogen and oxygen atoms in total. The Kier molecular flexibility index (Phi) is 3.54. The fourth-order valence-corrected chi connectivity index (χ4v) is 4.78. The molecule has 0 amide bonds. The van der Waals surface area contributed by atoms with Crippen LogP contribution in [0.2, 0.25) is 0 Å². The van der Waals surface area contributed by atoms with E-state index in [1.807, 2.05) is 6.92 Å². The van der Waals surface area contributed by atoms with Crippen LogP contribution in [0.1, 0.15) is 80.8 Å². The molecule has 0 aliphatic heterocycles. The van der Waals surface area contributed by atoms with E-state index in [0.29, 0.717) is 12.3 Å². The van der Waals surface area contributed by atoms with Crippen LogP contribution in [0.5, 0.6) is 0 Å². The zero-order chi connectivity index (χ0) is 16.1. The van der Waals surface area contributed by atoms with Crippen LogP contribution in [0.3, 0.4) is 0 Å². The Bertz CT molecular complexity index is 631. The van der Waals surface area contributed by atoms with Crippen LogP contribution in [0, 0.1) is 11.3 Å². The van der Waals surface area contributed by atoms with Gasteiger partial charge in [0.1, 0.15) is 6.29 Å². The minimum atomic E-state index is -0.364. The van der Waals surface area contributed by atoms with Crippen molar-refractivity contribution in [3.63, 3.8) is 0 Å². The first-order valence-electron chi connectivity index (χ1n) is 8.46. The predicted molar refractivity (Wildman–Crippen MR) is 88.3 cm³/mol. The molecule has 3 atom stereocenters. The lowest BCUT2D eigenvalue weighted by molar-refractivity contribution is -0.122. The summed E-state index contributed by atoms with van der Waals surface area (Å²) in [6, 6.07) is 6.42. The zero-order valence-electron chi connectivity index (χ0n) is 14.1. The van der Waals surface area contributed by atoms with Gasteiger partial charge in [-0.05, 0) is 47.3 Å². The van der Waals surface area contributed by atoms with E-state index in [1.165, 1.54) is 11.1 Å². The van der Waals surface area contributed by atoms with Crippen LogP contribution in [-0.2, 0) is 10.2 Å². The second-order valence-electron chi connectivity index (χ2n) is 8.03. The number of aldehydes is 1. The fourth-order valence-electron chi connectivity index (χ4n) is 4.78. The number of rotatable bonds is 2. The van der Waals surface area contributed by atoms with E-state index in [9.17, 15) is 9.59 Å². The molecule has 3 rings (SSSR count). The van der Waals surface area contributed by atoms with Crippen molar-refractivity contribution in [2.24, 2.45) is 11.3 Å². The molecule has 1 unspecified atom stereocenters. The lowest BCUT2D eigenvalue weighted by Gasteiger charge is -2.53. The van der Waals surface area contributed by atoms with Crippen LogP contribution >= 0.6 is 0 Å². The molecule has 1 fully saturated rings. The third kappa shape index (κ3) is 2.07. The summed E-state index contributed by atoms with van der Waals surface area (Å²) in [5, 5.41) is 0. The summed E-state index contributed by atoms with van der Waals surface area (Å²) in [4.78, 5) is 24.5. The zero-order valence-corrected chi connectivity index (χ0v) is 14.1. The molecule has 22 heavy (non-hydrogen) atoms. The Morgan fingerprint density at radius 2 is 1.95 bits per heavy atom. The molecule has 1 aromatic carbocycles. The molecule has 1 aromatic rings. The van der Waals surface area contributed by atoms with Gasteiger partial charge in [0, 0.05) is 17.4 Å². The van der Waals surface area contributed by atoms with Gasteiger partial charge in [-0.15, -0.1) is 0 Å². The summed E-state index contributed by atoms with van der Waals surface area (Å²) in [7, 11) is 0. The average Bonchev–Trinajstić information content (AvgIpc) is 2.49. The summed E-state index contributed by atoms with van der Waals surface area (Å²) in [5.41, 5.74) is 2.89. The number of fused-ring (bicyclic) bond motifs is 3. The topological polar surface area (TPSA) is 34.1 Å². The van der Waals surface area contributed by atoms with Gasteiger partial charge in [-0.25, -0.2) is 0 Å². The highest BCUT2D eigenvalue weighted by atomic mass is 16.1. The molecule has 1 saturated carbocycles. The largest absolute Gasteiger partial charge is 0.303 e. The van der Waals surface area contributed by atoms with Gasteiger partial charge < -0.3 is 4.79 Å². The van der Waals surface area contributed by atoms with E-state index in [1.54, 1.807) is 0 Å². The van der Waals surface area contributed by atoms with Gasteiger partial charge in [0.05, 0.1) is 0 Å². The molecule has 2 aliphatic carbocycles. The Morgan fingerprint density at radius 3 is 2.59 bits per heavy atom. The van der Waals surface area contributed by atoms with E-state index >= 15 is 0 Å². The minimum Gasteiger partial charge on any atom is -0.303 e. The van der Waals surface area contributed by atoms with Gasteiger partial charge in [0.25, 0.3) is 0 Å². The molecular formula is C20H26O2. The predicted octanol–water partition coefficient (Wildman–Crippen LogP) is 4.66. The monoisotopic (exact) mass is 298 g/mol. The first-order chi connectivity index (χ1) is 10.3. The van der Waals surface area contributed by atoms with Crippen molar-refractivity contribution in [2.75, 3.05) is 0 Å². The van der Waals surface area contributed by atoms with Crippen LogP contribution in [0.25, 0.3) is 0 Å². The molecule has 0 saturated heterocycles. The second kappa shape index (κ2) is 5.04. The molecule has 0 radical (unpaired) electrons. The van der Waals surface area contributed by atoms with E-state index in [0.717, 1.165) is 31.1 Å². The van der Waals surface area contributed by atoms with Gasteiger partial charge >= 0.3 is 0 Å². The first kappa shape index (κ1) is 15.5.